The molecule has 19 heavy (non-hydrogen) atoms. The first-order chi connectivity index (χ1) is 9.02. The Morgan fingerprint density at radius 3 is 2.79 bits per heavy atom. The lowest BCUT2D eigenvalue weighted by atomic mass is 10.1. The maximum atomic E-state index is 13.6. The monoisotopic (exact) mass is 351 g/mol. The van der Waals surface area contributed by atoms with Crippen LogP contribution in [0.3, 0.4) is 0 Å². The van der Waals surface area contributed by atoms with Gasteiger partial charge in [0.05, 0.1) is 10.6 Å². The average Bonchev–Trinajstić information content (AvgIpc) is 2.80. The molecule has 2 atom stereocenters. The third-order valence-electron chi connectivity index (χ3n) is 3.43. The predicted molar refractivity (Wildman–Crippen MR) is 73.8 cm³/mol. The van der Waals surface area contributed by atoms with Gasteiger partial charge in [0, 0.05) is 11.4 Å². The summed E-state index contributed by atoms with van der Waals surface area (Å²) >= 11 is 8.85. The quantitative estimate of drug-likeness (QED) is 0.648. The highest BCUT2D eigenvalue weighted by atomic mass is 79.9. The molecule has 0 radical (unpaired) electrons. The van der Waals surface area contributed by atoms with Crippen LogP contribution in [0.25, 0.3) is 0 Å². The summed E-state index contributed by atoms with van der Waals surface area (Å²) in [6, 6.07) is 1.66. The highest BCUT2D eigenvalue weighted by Gasteiger charge is 2.28. The molecule has 1 N–H and O–H groups in total. The van der Waals surface area contributed by atoms with Crippen LogP contribution in [0.2, 0.25) is 5.02 Å². The number of alkyl halides is 1. The Kier molecular flexibility index (Phi) is 4.79. The summed E-state index contributed by atoms with van der Waals surface area (Å²) in [4.78, 5) is 12.0. The van der Waals surface area contributed by atoms with Gasteiger partial charge in [0.2, 0.25) is 0 Å². The summed E-state index contributed by atoms with van der Waals surface area (Å²) in [7, 11) is 0. The van der Waals surface area contributed by atoms with Gasteiger partial charge in [-0.2, -0.15) is 0 Å². The SMILES string of the molecule is O=C(NC1CCCC1CBr)c1cc(F)c(Cl)cc1F. The Bertz CT molecular complexity index is 498. The number of carbonyl (C=O) groups is 1. The van der Waals surface area contributed by atoms with E-state index in [1.807, 2.05) is 0 Å². The molecule has 1 fully saturated rings. The van der Waals surface area contributed by atoms with Crippen molar-refractivity contribution in [3.8, 4) is 0 Å². The molecule has 104 valence electrons. The second kappa shape index (κ2) is 6.18. The van der Waals surface area contributed by atoms with Crippen LogP contribution in [-0.2, 0) is 0 Å². The Hall–Kier alpha value is -0.680. The van der Waals surface area contributed by atoms with Crippen molar-refractivity contribution in [2.45, 2.75) is 25.3 Å². The lowest BCUT2D eigenvalue weighted by molar-refractivity contribution is 0.0925. The summed E-state index contributed by atoms with van der Waals surface area (Å²) in [6.07, 6.45) is 2.91. The normalized spacial score (nSPS) is 22.5. The van der Waals surface area contributed by atoms with Crippen molar-refractivity contribution in [3.63, 3.8) is 0 Å². The van der Waals surface area contributed by atoms with Gasteiger partial charge in [-0.25, -0.2) is 8.78 Å². The van der Waals surface area contributed by atoms with Gasteiger partial charge in [-0.3, -0.25) is 4.79 Å². The number of nitrogens with one attached hydrogen (secondary N) is 1. The van der Waals surface area contributed by atoms with E-state index in [2.05, 4.69) is 21.2 Å². The van der Waals surface area contributed by atoms with Crippen LogP contribution in [-0.4, -0.2) is 17.3 Å². The van der Waals surface area contributed by atoms with Crippen molar-refractivity contribution < 1.29 is 13.6 Å². The fraction of sp³-hybridized carbons (Fsp3) is 0.462. The molecule has 1 aliphatic carbocycles. The van der Waals surface area contributed by atoms with Crippen LogP contribution in [0.5, 0.6) is 0 Å². The zero-order valence-electron chi connectivity index (χ0n) is 10.1. The van der Waals surface area contributed by atoms with E-state index in [0.29, 0.717) is 5.92 Å². The van der Waals surface area contributed by atoms with Gasteiger partial charge < -0.3 is 5.32 Å². The molecule has 0 aliphatic heterocycles. The number of carbonyl (C=O) groups excluding carboxylic acids is 1. The Morgan fingerprint density at radius 2 is 2.11 bits per heavy atom. The van der Waals surface area contributed by atoms with Gasteiger partial charge >= 0.3 is 0 Å². The fourth-order valence-electron chi connectivity index (χ4n) is 2.35. The van der Waals surface area contributed by atoms with Crippen LogP contribution in [0, 0.1) is 17.6 Å². The van der Waals surface area contributed by atoms with Crippen molar-refractivity contribution >= 4 is 33.4 Å². The first-order valence-corrected chi connectivity index (χ1v) is 7.54. The van der Waals surface area contributed by atoms with Crippen molar-refractivity contribution in [1.82, 2.24) is 5.32 Å². The van der Waals surface area contributed by atoms with Crippen LogP contribution >= 0.6 is 27.5 Å². The third kappa shape index (κ3) is 3.26. The van der Waals surface area contributed by atoms with Gasteiger partial charge in [0.1, 0.15) is 11.6 Å². The number of hydrogen-bond donors (Lipinski definition) is 1. The zero-order valence-corrected chi connectivity index (χ0v) is 12.4. The van der Waals surface area contributed by atoms with Crippen molar-refractivity contribution in [2.75, 3.05) is 5.33 Å². The molecule has 0 bridgehead atoms. The zero-order chi connectivity index (χ0) is 14.0. The second-order valence-electron chi connectivity index (χ2n) is 4.67. The highest BCUT2D eigenvalue weighted by Crippen LogP contribution is 2.28. The Balaban J connectivity index is 2.14. The number of rotatable bonds is 3. The van der Waals surface area contributed by atoms with E-state index in [0.717, 1.165) is 36.7 Å². The van der Waals surface area contributed by atoms with Gasteiger partial charge in [0.25, 0.3) is 5.91 Å². The summed E-state index contributed by atoms with van der Waals surface area (Å²) < 4.78 is 26.9. The van der Waals surface area contributed by atoms with Crippen LogP contribution in [0.4, 0.5) is 8.78 Å². The molecule has 1 saturated carbocycles. The molecular formula is C13H13BrClF2NO. The van der Waals surface area contributed by atoms with E-state index in [1.54, 1.807) is 0 Å². The molecule has 0 saturated heterocycles. The summed E-state index contributed by atoms with van der Waals surface area (Å²) in [5, 5.41) is 3.23. The maximum absolute atomic E-state index is 13.6. The van der Waals surface area contributed by atoms with Crippen LogP contribution in [0.1, 0.15) is 29.6 Å². The largest absolute Gasteiger partial charge is 0.349 e. The van der Waals surface area contributed by atoms with E-state index >= 15 is 0 Å². The van der Waals surface area contributed by atoms with Gasteiger partial charge in [-0.15, -0.1) is 0 Å². The number of halogens is 4. The fourth-order valence-corrected chi connectivity index (χ4v) is 3.28. The summed E-state index contributed by atoms with van der Waals surface area (Å²) in [5.41, 5.74) is -0.304. The minimum atomic E-state index is -0.808. The number of hydrogen-bond acceptors (Lipinski definition) is 1. The number of benzene rings is 1. The van der Waals surface area contributed by atoms with Crippen LogP contribution < -0.4 is 5.32 Å². The Morgan fingerprint density at radius 1 is 1.37 bits per heavy atom. The van der Waals surface area contributed by atoms with E-state index in [9.17, 15) is 13.6 Å². The molecule has 2 rings (SSSR count). The smallest absolute Gasteiger partial charge is 0.254 e. The Labute approximate surface area is 123 Å². The topological polar surface area (TPSA) is 29.1 Å². The lowest BCUT2D eigenvalue weighted by Gasteiger charge is -2.19. The molecule has 1 amide bonds. The van der Waals surface area contributed by atoms with E-state index < -0.39 is 17.5 Å². The molecule has 0 heterocycles. The first kappa shape index (κ1) is 14.7. The second-order valence-corrected chi connectivity index (χ2v) is 5.73. The van der Waals surface area contributed by atoms with Crippen molar-refractivity contribution in [3.05, 3.63) is 34.4 Å². The molecular weight excluding hydrogens is 340 g/mol. The standard InChI is InChI=1S/C13H13BrClF2NO/c14-6-7-2-1-3-12(7)18-13(19)8-4-11(17)9(15)5-10(8)16/h4-5,7,12H,1-3,6H2,(H,18,19). The lowest BCUT2D eigenvalue weighted by Crippen LogP contribution is -2.38. The molecule has 2 nitrogen and oxygen atoms in total. The molecule has 2 unspecified atom stereocenters. The summed E-state index contributed by atoms with van der Waals surface area (Å²) in [5.74, 6) is -1.86. The molecule has 1 aliphatic rings. The van der Waals surface area contributed by atoms with E-state index in [1.165, 1.54) is 0 Å². The maximum Gasteiger partial charge on any atom is 0.254 e. The van der Waals surface area contributed by atoms with Crippen molar-refractivity contribution in [2.24, 2.45) is 5.92 Å². The third-order valence-corrected chi connectivity index (χ3v) is 4.55. The van der Waals surface area contributed by atoms with Crippen molar-refractivity contribution in [1.29, 1.82) is 0 Å². The first-order valence-electron chi connectivity index (χ1n) is 6.04. The predicted octanol–water partition coefficient (Wildman–Crippen LogP) is 3.91. The van der Waals surface area contributed by atoms with Gasteiger partial charge in [-0.05, 0) is 30.9 Å². The molecule has 1 aromatic carbocycles. The average molecular weight is 353 g/mol. The van der Waals surface area contributed by atoms with Gasteiger partial charge in [-0.1, -0.05) is 34.0 Å². The molecule has 0 aromatic heterocycles. The van der Waals surface area contributed by atoms with Gasteiger partial charge in [0.15, 0.2) is 0 Å². The van der Waals surface area contributed by atoms with E-state index in [4.69, 9.17) is 11.6 Å². The van der Waals surface area contributed by atoms with Crippen LogP contribution in [0.15, 0.2) is 12.1 Å². The van der Waals surface area contributed by atoms with E-state index in [-0.39, 0.29) is 16.6 Å². The molecule has 1 aromatic rings. The molecule has 6 heteroatoms. The molecule has 0 spiro atoms. The summed E-state index contributed by atoms with van der Waals surface area (Å²) in [6.45, 7) is 0. The minimum absolute atomic E-state index is 0.00464. The minimum Gasteiger partial charge on any atom is -0.349 e. The number of amides is 1. The highest BCUT2D eigenvalue weighted by molar-refractivity contribution is 9.09.